The number of carbonyl (C=O) groups excluding carboxylic acids is 1. The van der Waals surface area contributed by atoms with Crippen LogP contribution in [0.5, 0.6) is 5.75 Å². The molecule has 1 amide bonds. The summed E-state index contributed by atoms with van der Waals surface area (Å²) in [5.74, 6) is 0.628. The minimum Gasteiger partial charge on any atom is -0.497 e. The number of hydrogen-bond donors (Lipinski definition) is 1. The Kier molecular flexibility index (Phi) is 8.17. The van der Waals surface area contributed by atoms with E-state index < -0.39 is 5.82 Å². The fourth-order valence-electron chi connectivity index (χ4n) is 4.92. The lowest BCUT2D eigenvalue weighted by Crippen LogP contribution is -2.46. The van der Waals surface area contributed by atoms with E-state index in [1.165, 1.54) is 28.5 Å². The summed E-state index contributed by atoms with van der Waals surface area (Å²) >= 11 is 0. The second-order valence-corrected chi connectivity index (χ2v) is 9.57. The van der Waals surface area contributed by atoms with Gasteiger partial charge in [0.2, 0.25) is 5.91 Å². The molecular formula is C30H32FN5O3. The number of piperazine rings is 1. The zero-order valence-corrected chi connectivity index (χ0v) is 22.0. The first-order valence-corrected chi connectivity index (χ1v) is 13.2. The van der Waals surface area contributed by atoms with E-state index in [1.54, 1.807) is 19.2 Å². The maximum atomic E-state index is 13.8. The predicted octanol–water partition coefficient (Wildman–Crippen LogP) is 3.75. The molecule has 1 N–H and O–H groups in total. The molecule has 3 aromatic carbocycles. The van der Waals surface area contributed by atoms with E-state index in [0.29, 0.717) is 23.3 Å². The fourth-order valence-corrected chi connectivity index (χ4v) is 4.92. The molecule has 202 valence electrons. The van der Waals surface area contributed by atoms with Crippen LogP contribution >= 0.6 is 0 Å². The number of nitrogens with zero attached hydrogens (tertiary/aromatic N) is 4. The third-order valence-electron chi connectivity index (χ3n) is 7.05. The van der Waals surface area contributed by atoms with Crippen molar-refractivity contribution in [2.75, 3.05) is 44.7 Å². The first-order chi connectivity index (χ1) is 19.0. The number of nitrogens with one attached hydrogen (secondary N) is 1. The zero-order chi connectivity index (χ0) is 27.2. The summed E-state index contributed by atoms with van der Waals surface area (Å²) in [6.07, 6.45) is 1.10. The molecule has 4 aromatic rings. The van der Waals surface area contributed by atoms with Crippen molar-refractivity contribution in [3.8, 4) is 11.4 Å². The Morgan fingerprint density at radius 3 is 2.44 bits per heavy atom. The second kappa shape index (κ2) is 12.1. The number of benzene rings is 3. The first-order valence-electron chi connectivity index (χ1n) is 13.2. The molecule has 0 radical (unpaired) electrons. The lowest BCUT2D eigenvalue weighted by atomic mass is 10.2. The molecule has 1 aromatic heterocycles. The van der Waals surface area contributed by atoms with E-state index in [9.17, 15) is 14.0 Å². The average molecular weight is 530 g/mol. The number of rotatable bonds is 9. The van der Waals surface area contributed by atoms with Gasteiger partial charge in [-0.2, -0.15) is 0 Å². The number of carbonyl (C=O) groups is 1. The fraction of sp³-hybridized carbons (Fsp3) is 0.300. The van der Waals surface area contributed by atoms with Crippen LogP contribution in [0.15, 0.2) is 77.6 Å². The van der Waals surface area contributed by atoms with Crippen LogP contribution in [0, 0.1) is 5.82 Å². The smallest absolute Gasteiger partial charge is 0.266 e. The Morgan fingerprint density at radius 1 is 0.974 bits per heavy atom. The van der Waals surface area contributed by atoms with Gasteiger partial charge in [-0.15, -0.1) is 0 Å². The van der Waals surface area contributed by atoms with Crippen molar-refractivity contribution in [3.63, 3.8) is 0 Å². The van der Waals surface area contributed by atoms with Gasteiger partial charge in [0.05, 0.1) is 30.2 Å². The van der Waals surface area contributed by atoms with Crippen molar-refractivity contribution in [1.82, 2.24) is 19.8 Å². The summed E-state index contributed by atoms with van der Waals surface area (Å²) in [5, 5.41) is 3.22. The predicted molar refractivity (Wildman–Crippen MR) is 150 cm³/mol. The number of ether oxygens (including phenoxy) is 1. The van der Waals surface area contributed by atoms with Crippen LogP contribution < -0.4 is 20.5 Å². The molecular weight excluding hydrogens is 497 g/mol. The summed E-state index contributed by atoms with van der Waals surface area (Å²) in [6.45, 7) is 4.65. The van der Waals surface area contributed by atoms with Crippen LogP contribution in [0.4, 0.5) is 10.1 Å². The van der Waals surface area contributed by atoms with Gasteiger partial charge in [0, 0.05) is 44.4 Å². The van der Waals surface area contributed by atoms with Gasteiger partial charge in [0.25, 0.3) is 5.56 Å². The SMILES string of the molecule is COc1ccc(N2CCN(CCCC(=O)NCc3nc4cc(F)ccc4c(=O)n3-c3ccccc3)CC2)cc1. The molecule has 2 heterocycles. The Balaban J connectivity index is 1.15. The molecule has 1 aliphatic rings. The third kappa shape index (κ3) is 6.26. The Hall–Kier alpha value is -4.24. The van der Waals surface area contributed by atoms with Crippen LogP contribution in [0.25, 0.3) is 16.6 Å². The molecule has 39 heavy (non-hydrogen) atoms. The average Bonchev–Trinajstić information content (AvgIpc) is 2.97. The van der Waals surface area contributed by atoms with Crippen molar-refractivity contribution in [1.29, 1.82) is 0 Å². The summed E-state index contributed by atoms with van der Waals surface area (Å²) in [5.41, 5.74) is 1.79. The van der Waals surface area contributed by atoms with Crippen LogP contribution in [0.1, 0.15) is 18.7 Å². The van der Waals surface area contributed by atoms with E-state index in [1.807, 2.05) is 30.3 Å². The highest BCUT2D eigenvalue weighted by Crippen LogP contribution is 2.20. The van der Waals surface area contributed by atoms with E-state index in [-0.39, 0.29) is 23.5 Å². The number of halogens is 1. The zero-order valence-electron chi connectivity index (χ0n) is 22.0. The molecule has 0 bridgehead atoms. The quantitative estimate of drug-likeness (QED) is 0.356. The van der Waals surface area contributed by atoms with Gasteiger partial charge in [0.15, 0.2) is 0 Å². The molecule has 1 fully saturated rings. The molecule has 9 heteroatoms. The molecule has 1 saturated heterocycles. The van der Waals surface area contributed by atoms with Crippen LogP contribution in [0.3, 0.4) is 0 Å². The van der Waals surface area contributed by atoms with E-state index in [0.717, 1.165) is 44.9 Å². The van der Waals surface area contributed by atoms with Crippen molar-refractivity contribution in [3.05, 3.63) is 94.8 Å². The van der Waals surface area contributed by atoms with Gasteiger partial charge in [-0.05, 0) is 61.5 Å². The number of aromatic nitrogens is 2. The van der Waals surface area contributed by atoms with E-state index in [4.69, 9.17) is 4.74 Å². The maximum Gasteiger partial charge on any atom is 0.266 e. The number of fused-ring (bicyclic) bond motifs is 1. The normalized spacial score (nSPS) is 13.9. The number of hydrogen-bond acceptors (Lipinski definition) is 6. The summed E-state index contributed by atoms with van der Waals surface area (Å²) in [6, 6.07) is 21.2. The minimum absolute atomic E-state index is 0.0654. The highest BCUT2D eigenvalue weighted by atomic mass is 19.1. The topological polar surface area (TPSA) is 79.7 Å². The molecule has 0 aliphatic carbocycles. The van der Waals surface area contributed by atoms with Gasteiger partial charge >= 0.3 is 0 Å². The summed E-state index contributed by atoms with van der Waals surface area (Å²) < 4.78 is 20.6. The van der Waals surface area contributed by atoms with Crippen molar-refractivity contribution in [2.24, 2.45) is 0 Å². The van der Waals surface area contributed by atoms with Crippen LogP contribution in [-0.2, 0) is 11.3 Å². The highest BCUT2D eigenvalue weighted by molar-refractivity contribution is 5.78. The lowest BCUT2D eigenvalue weighted by molar-refractivity contribution is -0.121. The maximum absolute atomic E-state index is 13.8. The van der Waals surface area contributed by atoms with E-state index in [2.05, 4.69) is 32.2 Å². The van der Waals surface area contributed by atoms with Crippen molar-refractivity contribution in [2.45, 2.75) is 19.4 Å². The lowest BCUT2D eigenvalue weighted by Gasteiger charge is -2.36. The monoisotopic (exact) mass is 529 g/mol. The molecule has 8 nitrogen and oxygen atoms in total. The largest absolute Gasteiger partial charge is 0.497 e. The van der Waals surface area contributed by atoms with Crippen molar-refractivity contribution >= 4 is 22.5 Å². The summed E-state index contributed by atoms with van der Waals surface area (Å²) in [7, 11) is 1.67. The van der Waals surface area contributed by atoms with Gasteiger partial charge in [-0.1, -0.05) is 18.2 Å². The van der Waals surface area contributed by atoms with Gasteiger partial charge in [-0.25, -0.2) is 9.37 Å². The number of anilines is 1. The number of para-hydroxylation sites is 1. The third-order valence-corrected chi connectivity index (χ3v) is 7.05. The van der Waals surface area contributed by atoms with E-state index >= 15 is 0 Å². The minimum atomic E-state index is -0.466. The van der Waals surface area contributed by atoms with Crippen LogP contribution in [-0.4, -0.2) is 60.2 Å². The molecule has 5 rings (SSSR count). The number of methoxy groups -OCH3 is 1. The number of amides is 1. The highest BCUT2D eigenvalue weighted by Gasteiger charge is 2.18. The van der Waals surface area contributed by atoms with Crippen molar-refractivity contribution < 1.29 is 13.9 Å². The van der Waals surface area contributed by atoms with Gasteiger partial charge in [0.1, 0.15) is 17.4 Å². The molecule has 0 atom stereocenters. The summed E-state index contributed by atoms with van der Waals surface area (Å²) in [4.78, 5) is 35.2. The molecule has 0 spiro atoms. The standard InChI is InChI=1S/C30H32FN5O3/c1-39-25-12-10-23(11-13-25)35-18-16-34(17-19-35)15-5-8-29(37)32-21-28-33-27-20-22(31)9-14-26(27)30(38)36(28)24-6-3-2-4-7-24/h2-4,6-7,9-14,20H,5,8,15-19,21H2,1H3,(H,32,37). The first kappa shape index (κ1) is 26.4. The Bertz CT molecular complexity index is 1480. The van der Waals surface area contributed by atoms with Gasteiger partial charge in [-0.3, -0.25) is 19.1 Å². The Morgan fingerprint density at radius 2 is 1.72 bits per heavy atom. The second-order valence-electron chi connectivity index (χ2n) is 9.57. The molecule has 0 unspecified atom stereocenters. The Labute approximate surface area is 226 Å². The van der Waals surface area contributed by atoms with Gasteiger partial charge < -0.3 is 15.0 Å². The molecule has 0 saturated carbocycles. The van der Waals surface area contributed by atoms with Crippen LogP contribution in [0.2, 0.25) is 0 Å². The molecule has 1 aliphatic heterocycles.